The molecule has 2 aromatic carbocycles. The van der Waals surface area contributed by atoms with Gasteiger partial charge in [0.05, 0.1) is 23.0 Å². The highest BCUT2D eigenvalue weighted by atomic mass is 16.3. The summed E-state index contributed by atoms with van der Waals surface area (Å²) in [6.07, 6.45) is 2.99. The van der Waals surface area contributed by atoms with Crippen LogP contribution in [-0.2, 0) is 0 Å². The molecule has 2 N–H and O–H groups in total. The van der Waals surface area contributed by atoms with Gasteiger partial charge in [-0.2, -0.15) is 5.10 Å². The molecule has 1 aliphatic heterocycles. The maximum absolute atomic E-state index is 12.4. The zero-order chi connectivity index (χ0) is 19.7. The van der Waals surface area contributed by atoms with E-state index in [1.54, 1.807) is 48.7 Å². The van der Waals surface area contributed by atoms with Crippen LogP contribution < -0.4 is 5.32 Å². The third-order valence-corrected chi connectivity index (χ3v) is 4.90. The smallest absolute Gasteiger partial charge is 0.261 e. The summed E-state index contributed by atoms with van der Waals surface area (Å²) in [4.78, 5) is 26.1. The lowest BCUT2D eigenvalue weighted by Crippen LogP contribution is -2.31. The van der Waals surface area contributed by atoms with Crippen molar-refractivity contribution in [2.45, 2.75) is 25.8 Å². The van der Waals surface area contributed by atoms with Crippen LogP contribution in [0.4, 0.5) is 5.69 Å². The van der Waals surface area contributed by atoms with Crippen molar-refractivity contribution in [3.8, 4) is 5.75 Å². The van der Waals surface area contributed by atoms with Crippen LogP contribution in [0.3, 0.4) is 0 Å². The second-order valence-electron chi connectivity index (χ2n) is 6.96. The lowest BCUT2D eigenvalue weighted by atomic mass is 10.1. The molecule has 1 aliphatic rings. The number of hydrogen-bond acceptors (Lipinski definition) is 6. The maximum Gasteiger partial charge on any atom is 0.261 e. The largest absolute Gasteiger partial charge is 0.508 e. The summed E-state index contributed by atoms with van der Waals surface area (Å²) in [7, 11) is 0. The van der Waals surface area contributed by atoms with Crippen molar-refractivity contribution in [2.24, 2.45) is 0 Å². The van der Waals surface area contributed by atoms with Crippen LogP contribution in [0.25, 0.3) is 10.9 Å². The molecule has 1 aromatic heterocycles. The number of rotatable bonds is 6. The number of phenolic OH excluding ortho intramolecular Hbond substituents is 1. The summed E-state index contributed by atoms with van der Waals surface area (Å²) in [5.74, 6) is -0.299. The Bertz CT molecular complexity index is 1030. The lowest BCUT2D eigenvalue weighted by molar-refractivity contribution is 0.0651. The second kappa shape index (κ2) is 7.26. The number of amides is 2. The number of phenols is 1. The Labute approximate surface area is 162 Å². The van der Waals surface area contributed by atoms with Gasteiger partial charge in [0.25, 0.3) is 11.8 Å². The Hall–Kier alpha value is -3.48. The molecule has 0 fully saturated rings. The Kier molecular flexibility index (Phi) is 4.65. The van der Waals surface area contributed by atoms with Gasteiger partial charge in [0, 0.05) is 24.0 Å². The van der Waals surface area contributed by atoms with E-state index < -0.39 is 0 Å². The summed E-state index contributed by atoms with van der Waals surface area (Å²) < 4.78 is 0. The van der Waals surface area contributed by atoms with Crippen molar-refractivity contribution >= 4 is 28.4 Å². The van der Waals surface area contributed by atoms with E-state index in [2.05, 4.69) is 15.5 Å². The molecule has 7 nitrogen and oxygen atoms in total. The van der Waals surface area contributed by atoms with Gasteiger partial charge in [0.1, 0.15) is 11.3 Å². The SMILES string of the molecule is CC(CCCN1C(=O)c2ccccc2C1=O)Nc1cc(O)cc2ccnnc12. The molecular weight excluding hydrogens is 356 g/mol. The first-order valence-corrected chi connectivity index (χ1v) is 9.21. The molecule has 1 unspecified atom stereocenters. The predicted octanol–water partition coefficient (Wildman–Crippen LogP) is 3.21. The number of carbonyl (C=O) groups is 2. The molecule has 2 heterocycles. The van der Waals surface area contributed by atoms with Crippen molar-refractivity contribution in [1.82, 2.24) is 15.1 Å². The molecule has 142 valence electrons. The summed E-state index contributed by atoms with van der Waals surface area (Å²) in [5, 5.41) is 22.1. The van der Waals surface area contributed by atoms with Crippen molar-refractivity contribution < 1.29 is 14.7 Å². The van der Waals surface area contributed by atoms with E-state index in [1.165, 1.54) is 4.90 Å². The van der Waals surface area contributed by atoms with Gasteiger partial charge in [-0.25, -0.2) is 0 Å². The minimum atomic E-state index is -0.226. The second-order valence-corrected chi connectivity index (χ2v) is 6.96. The standard InChI is InChI=1S/C21H20N4O3/c1-13(23-18-12-15(26)11-14-8-9-22-24-19(14)18)5-4-10-25-20(27)16-6-2-3-7-17(16)21(25)28/h2-3,6-9,11-13,23,26H,4-5,10H2,1H3. The van der Waals surface area contributed by atoms with E-state index in [9.17, 15) is 14.7 Å². The molecular formula is C21H20N4O3. The summed E-state index contributed by atoms with van der Waals surface area (Å²) >= 11 is 0. The Morgan fingerprint density at radius 1 is 1.11 bits per heavy atom. The molecule has 0 radical (unpaired) electrons. The van der Waals surface area contributed by atoms with Gasteiger partial charge in [-0.05, 0) is 44.0 Å². The van der Waals surface area contributed by atoms with E-state index in [0.29, 0.717) is 35.3 Å². The highest BCUT2D eigenvalue weighted by Crippen LogP contribution is 2.28. The molecule has 0 aliphatic carbocycles. The maximum atomic E-state index is 12.4. The molecule has 0 bridgehead atoms. The van der Waals surface area contributed by atoms with Crippen LogP contribution >= 0.6 is 0 Å². The van der Waals surface area contributed by atoms with Crippen LogP contribution in [0.1, 0.15) is 40.5 Å². The first-order valence-electron chi connectivity index (χ1n) is 9.21. The zero-order valence-corrected chi connectivity index (χ0v) is 15.4. The number of aromatic nitrogens is 2. The van der Waals surface area contributed by atoms with Crippen molar-refractivity contribution in [3.05, 3.63) is 59.8 Å². The number of fused-ring (bicyclic) bond motifs is 2. The molecule has 28 heavy (non-hydrogen) atoms. The van der Waals surface area contributed by atoms with Gasteiger partial charge < -0.3 is 10.4 Å². The molecule has 0 spiro atoms. The molecule has 0 saturated carbocycles. The molecule has 2 amide bonds. The molecule has 7 heteroatoms. The van der Waals surface area contributed by atoms with Crippen LogP contribution in [0, 0.1) is 0 Å². The Morgan fingerprint density at radius 2 is 1.82 bits per heavy atom. The highest BCUT2D eigenvalue weighted by molar-refractivity contribution is 6.21. The van der Waals surface area contributed by atoms with Gasteiger partial charge in [-0.3, -0.25) is 14.5 Å². The number of imide groups is 1. The zero-order valence-electron chi connectivity index (χ0n) is 15.4. The first-order chi connectivity index (χ1) is 13.5. The summed E-state index contributed by atoms with van der Waals surface area (Å²) in [6, 6.07) is 12.0. The minimum Gasteiger partial charge on any atom is -0.508 e. The number of benzene rings is 2. The van der Waals surface area contributed by atoms with Gasteiger partial charge in [-0.1, -0.05) is 12.1 Å². The van der Waals surface area contributed by atoms with Gasteiger partial charge in [0.2, 0.25) is 0 Å². The predicted molar refractivity (Wildman–Crippen MR) is 105 cm³/mol. The number of nitrogens with zero attached hydrogens (tertiary/aromatic N) is 3. The van der Waals surface area contributed by atoms with E-state index >= 15 is 0 Å². The minimum absolute atomic E-state index is 0.0576. The Morgan fingerprint density at radius 3 is 2.54 bits per heavy atom. The van der Waals surface area contributed by atoms with Gasteiger partial charge in [0.15, 0.2) is 0 Å². The van der Waals surface area contributed by atoms with Crippen LogP contribution in [0.2, 0.25) is 0 Å². The number of hydrogen-bond donors (Lipinski definition) is 2. The monoisotopic (exact) mass is 376 g/mol. The summed E-state index contributed by atoms with van der Waals surface area (Å²) in [5.41, 5.74) is 2.34. The normalized spacial score (nSPS) is 14.4. The third kappa shape index (κ3) is 3.26. The summed E-state index contributed by atoms with van der Waals surface area (Å²) in [6.45, 7) is 2.38. The fourth-order valence-electron chi connectivity index (χ4n) is 3.53. The van der Waals surface area contributed by atoms with Gasteiger partial charge >= 0.3 is 0 Å². The van der Waals surface area contributed by atoms with E-state index in [1.807, 2.05) is 6.92 Å². The van der Waals surface area contributed by atoms with Crippen LogP contribution in [-0.4, -0.2) is 44.6 Å². The topological polar surface area (TPSA) is 95.4 Å². The number of anilines is 1. The molecule has 1 atom stereocenters. The van der Waals surface area contributed by atoms with Crippen molar-refractivity contribution in [3.63, 3.8) is 0 Å². The van der Waals surface area contributed by atoms with Crippen molar-refractivity contribution in [2.75, 3.05) is 11.9 Å². The molecule has 4 rings (SSSR count). The number of nitrogens with one attached hydrogen (secondary N) is 1. The molecule has 0 saturated heterocycles. The Balaban J connectivity index is 1.38. The van der Waals surface area contributed by atoms with Crippen LogP contribution in [0.5, 0.6) is 5.75 Å². The van der Waals surface area contributed by atoms with E-state index in [4.69, 9.17) is 0 Å². The highest BCUT2D eigenvalue weighted by Gasteiger charge is 2.34. The van der Waals surface area contributed by atoms with Crippen LogP contribution in [0.15, 0.2) is 48.7 Å². The average Bonchev–Trinajstić information content (AvgIpc) is 2.93. The third-order valence-electron chi connectivity index (χ3n) is 4.90. The number of carbonyl (C=O) groups excluding carboxylic acids is 2. The number of aromatic hydroxyl groups is 1. The quantitative estimate of drug-likeness (QED) is 0.642. The van der Waals surface area contributed by atoms with E-state index in [0.717, 1.165) is 11.8 Å². The lowest BCUT2D eigenvalue weighted by Gasteiger charge is -2.18. The van der Waals surface area contributed by atoms with Crippen molar-refractivity contribution in [1.29, 1.82) is 0 Å². The van der Waals surface area contributed by atoms with E-state index in [-0.39, 0.29) is 23.6 Å². The first kappa shape index (κ1) is 17.9. The fraction of sp³-hybridized carbons (Fsp3) is 0.238. The van der Waals surface area contributed by atoms with Gasteiger partial charge in [-0.15, -0.1) is 5.10 Å². The fourth-order valence-corrected chi connectivity index (χ4v) is 3.53. The molecule has 3 aromatic rings. The average molecular weight is 376 g/mol.